The number of piperazine rings is 1. The maximum atomic E-state index is 12.1. The molecule has 1 amide bonds. The smallest absolute Gasteiger partial charge is 0.273 e. The molecule has 0 bridgehead atoms. The number of amides is 1. The molecule has 0 atom stereocenters. The van der Waals surface area contributed by atoms with Crippen LogP contribution in [0.2, 0.25) is 0 Å². The highest BCUT2D eigenvalue weighted by Gasteiger charge is 2.14. The SMILES string of the molecule is O=C(NCCCN1CCNCC1)c1cc(-c2ccncc2)on1. The Balaban J connectivity index is 1.44. The second kappa shape index (κ2) is 7.85. The van der Waals surface area contributed by atoms with E-state index in [0.717, 1.165) is 44.7 Å². The Morgan fingerprint density at radius 1 is 1.30 bits per heavy atom. The Labute approximate surface area is 135 Å². The van der Waals surface area contributed by atoms with Crippen LogP contribution in [0, 0.1) is 0 Å². The fraction of sp³-hybridized carbons (Fsp3) is 0.438. The van der Waals surface area contributed by atoms with E-state index in [2.05, 4.69) is 25.7 Å². The summed E-state index contributed by atoms with van der Waals surface area (Å²) in [5.41, 5.74) is 1.16. The average molecular weight is 315 g/mol. The first-order valence-electron chi connectivity index (χ1n) is 7.91. The molecule has 2 N–H and O–H groups in total. The van der Waals surface area contributed by atoms with Gasteiger partial charge in [-0.15, -0.1) is 0 Å². The van der Waals surface area contributed by atoms with Gasteiger partial charge in [-0.1, -0.05) is 5.16 Å². The highest BCUT2D eigenvalue weighted by Crippen LogP contribution is 2.18. The first-order valence-corrected chi connectivity index (χ1v) is 7.91. The molecule has 0 spiro atoms. The van der Waals surface area contributed by atoms with Gasteiger partial charge in [0.05, 0.1) is 0 Å². The van der Waals surface area contributed by atoms with Crippen LogP contribution in [0.15, 0.2) is 35.1 Å². The molecule has 7 nitrogen and oxygen atoms in total. The molecule has 122 valence electrons. The summed E-state index contributed by atoms with van der Waals surface area (Å²) in [6, 6.07) is 5.28. The molecule has 1 aliphatic heterocycles. The molecule has 0 aromatic carbocycles. The third-order valence-electron chi connectivity index (χ3n) is 3.85. The number of hydrogen-bond acceptors (Lipinski definition) is 6. The van der Waals surface area contributed by atoms with Gasteiger partial charge in [0.15, 0.2) is 11.5 Å². The summed E-state index contributed by atoms with van der Waals surface area (Å²) < 4.78 is 5.22. The minimum Gasteiger partial charge on any atom is -0.355 e. The molecular weight excluding hydrogens is 294 g/mol. The first-order chi connectivity index (χ1) is 11.3. The monoisotopic (exact) mass is 315 g/mol. The minimum atomic E-state index is -0.200. The van der Waals surface area contributed by atoms with Gasteiger partial charge in [-0.05, 0) is 25.1 Å². The molecule has 2 aromatic rings. The van der Waals surface area contributed by atoms with Crippen LogP contribution >= 0.6 is 0 Å². The zero-order valence-corrected chi connectivity index (χ0v) is 13.0. The van der Waals surface area contributed by atoms with Crippen molar-refractivity contribution in [3.63, 3.8) is 0 Å². The van der Waals surface area contributed by atoms with Crippen molar-refractivity contribution in [3.05, 3.63) is 36.3 Å². The summed E-state index contributed by atoms with van der Waals surface area (Å²) in [5, 5.41) is 10.0. The van der Waals surface area contributed by atoms with E-state index in [1.165, 1.54) is 0 Å². The molecule has 1 fully saturated rings. The molecular formula is C16H21N5O2. The third kappa shape index (κ3) is 4.37. The lowest BCUT2D eigenvalue weighted by atomic mass is 10.2. The van der Waals surface area contributed by atoms with Crippen LogP contribution in [0.1, 0.15) is 16.9 Å². The van der Waals surface area contributed by atoms with Gasteiger partial charge in [0.2, 0.25) is 0 Å². The van der Waals surface area contributed by atoms with Crippen molar-refractivity contribution >= 4 is 5.91 Å². The molecule has 0 radical (unpaired) electrons. The topological polar surface area (TPSA) is 83.3 Å². The predicted molar refractivity (Wildman–Crippen MR) is 86.0 cm³/mol. The van der Waals surface area contributed by atoms with Crippen LogP contribution in [-0.2, 0) is 0 Å². The maximum Gasteiger partial charge on any atom is 0.273 e. The van der Waals surface area contributed by atoms with E-state index in [-0.39, 0.29) is 5.91 Å². The van der Waals surface area contributed by atoms with Gasteiger partial charge >= 0.3 is 0 Å². The maximum absolute atomic E-state index is 12.1. The number of rotatable bonds is 6. The van der Waals surface area contributed by atoms with E-state index in [4.69, 9.17) is 4.52 Å². The minimum absolute atomic E-state index is 0.200. The van der Waals surface area contributed by atoms with Gasteiger partial charge in [0, 0.05) is 56.7 Å². The second-order valence-electron chi connectivity index (χ2n) is 5.51. The first kappa shape index (κ1) is 15.6. The van der Waals surface area contributed by atoms with Crippen LogP contribution < -0.4 is 10.6 Å². The van der Waals surface area contributed by atoms with E-state index in [1.54, 1.807) is 18.5 Å². The fourth-order valence-electron chi connectivity index (χ4n) is 2.56. The Hall–Kier alpha value is -2.25. The lowest BCUT2D eigenvalue weighted by Gasteiger charge is -2.26. The van der Waals surface area contributed by atoms with E-state index < -0.39 is 0 Å². The second-order valence-corrected chi connectivity index (χ2v) is 5.51. The number of hydrogen-bond donors (Lipinski definition) is 2. The summed E-state index contributed by atoms with van der Waals surface area (Å²) in [6.07, 6.45) is 4.28. The van der Waals surface area contributed by atoms with Gasteiger partial charge in [-0.2, -0.15) is 0 Å². The molecule has 3 rings (SSSR count). The third-order valence-corrected chi connectivity index (χ3v) is 3.85. The number of nitrogens with zero attached hydrogens (tertiary/aromatic N) is 3. The van der Waals surface area contributed by atoms with E-state index >= 15 is 0 Å². The molecule has 2 aromatic heterocycles. The summed E-state index contributed by atoms with van der Waals surface area (Å²) in [6.45, 7) is 5.88. The Morgan fingerprint density at radius 3 is 2.87 bits per heavy atom. The summed E-state index contributed by atoms with van der Waals surface area (Å²) in [7, 11) is 0. The predicted octanol–water partition coefficient (Wildman–Crippen LogP) is 0.762. The summed E-state index contributed by atoms with van der Waals surface area (Å²) >= 11 is 0. The number of pyridine rings is 1. The van der Waals surface area contributed by atoms with Crippen molar-refractivity contribution in [2.24, 2.45) is 0 Å². The number of carbonyl (C=O) groups is 1. The van der Waals surface area contributed by atoms with Gasteiger partial charge in [-0.25, -0.2) is 0 Å². The van der Waals surface area contributed by atoms with Crippen molar-refractivity contribution in [2.75, 3.05) is 39.3 Å². The van der Waals surface area contributed by atoms with Crippen LogP contribution in [0.3, 0.4) is 0 Å². The number of nitrogens with one attached hydrogen (secondary N) is 2. The quantitative estimate of drug-likeness (QED) is 0.766. The average Bonchev–Trinajstić information content (AvgIpc) is 3.10. The zero-order chi connectivity index (χ0) is 15.9. The number of aromatic nitrogens is 2. The van der Waals surface area contributed by atoms with Gasteiger partial charge in [0.1, 0.15) is 0 Å². The molecule has 23 heavy (non-hydrogen) atoms. The van der Waals surface area contributed by atoms with E-state index in [0.29, 0.717) is 18.0 Å². The Morgan fingerprint density at radius 2 is 2.09 bits per heavy atom. The summed E-state index contributed by atoms with van der Waals surface area (Å²) in [4.78, 5) is 18.4. The molecule has 0 aliphatic carbocycles. The van der Waals surface area contributed by atoms with Crippen molar-refractivity contribution in [2.45, 2.75) is 6.42 Å². The Kier molecular flexibility index (Phi) is 5.33. The fourth-order valence-corrected chi connectivity index (χ4v) is 2.56. The van der Waals surface area contributed by atoms with Gasteiger partial charge in [-0.3, -0.25) is 9.78 Å². The normalized spacial score (nSPS) is 15.5. The largest absolute Gasteiger partial charge is 0.355 e. The molecule has 0 unspecified atom stereocenters. The van der Waals surface area contributed by atoms with Crippen LogP contribution in [0.4, 0.5) is 0 Å². The van der Waals surface area contributed by atoms with Gasteiger partial charge in [0.25, 0.3) is 5.91 Å². The van der Waals surface area contributed by atoms with E-state index in [9.17, 15) is 4.79 Å². The van der Waals surface area contributed by atoms with Gasteiger partial charge < -0.3 is 20.1 Å². The zero-order valence-electron chi connectivity index (χ0n) is 13.0. The molecule has 1 saturated heterocycles. The number of carbonyl (C=O) groups excluding carboxylic acids is 1. The molecule has 0 saturated carbocycles. The Bertz CT molecular complexity index is 622. The lowest BCUT2D eigenvalue weighted by molar-refractivity contribution is 0.0942. The van der Waals surface area contributed by atoms with Crippen LogP contribution in [0.25, 0.3) is 11.3 Å². The molecule has 7 heteroatoms. The highest BCUT2D eigenvalue weighted by molar-refractivity contribution is 5.93. The van der Waals surface area contributed by atoms with Crippen LogP contribution in [0.5, 0.6) is 0 Å². The molecule has 3 heterocycles. The van der Waals surface area contributed by atoms with Crippen LogP contribution in [-0.4, -0.2) is 60.2 Å². The lowest BCUT2D eigenvalue weighted by Crippen LogP contribution is -2.44. The summed E-state index contributed by atoms with van der Waals surface area (Å²) in [5.74, 6) is 0.368. The van der Waals surface area contributed by atoms with Crippen molar-refractivity contribution in [1.82, 2.24) is 25.7 Å². The van der Waals surface area contributed by atoms with Crippen molar-refractivity contribution in [1.29, 1.82) is 0 Å². The van der Waals surface area contributed by atoms with E-state index in [1.807, 2.05) is 12.1 Å². The van der Waals surface area contributed by atoms with Crippen molar-refractivity contribution in [3.8, 4) is 11.3 Å². The molecule has 1 aliphatic rings. The standard InChI is InChI=1S/C16H21N5O2/c22-16(19-4-1-9-21-10-7-18-8-11-21)14-12-15(23-20-14)13-2-5-17-6-3-13/h2-3,5-6,12,18H,1,4,7-11H2,(H,19,22). The highest BCUT2D eigenvalue weighted by atomic mass is 16.5. The van der Waals surface area contributed by atoms with Crippen molar-refractivity contribution < 1.29 is 9.32 Å².